The summed E-state index contributed by atoms with van der Waals surface area (Å²) in [5.41, 5.74) is 8.39. The maximum atomic E-state index is 13.3. The molecule has 1 aliphatic heterocycles. The van der Waals surface area contributed by atoms with E-state index in [2.05, 4.69) is 35.4 Å². The number of nitrogen functional groups attached to an aromatic ring is 1. The number of hydrogen-bond donors (Lipinski definition) is 2. The smallest absolute Gasteiger partial charge is 0.268 e. The monoisotopic (exact) mass is 479 g/mol. The predicted octanol–water partition coefficient (Wildman–Crippen LogP) is 3.78. The fourth-order valence-corrected chi connectivity index (χ4v) is 5.36. The summed E-state index contributed by atoms with van der Waals surface area (Å²) in [5, 5.41) is 0. The Bertz CT molecular complexity index is 1350. The van der Waals surface area contributed by atoms with Gasteiger partial charge in [-0.05, 0) is 62.9 Å². The number of aryl methyl sites for hydroxylation is 1. The highest BCUT2D eigenvalue weighted by atomic mass is 32.2. The molecule has 3 heterocycles. The van der Waals surface area contributed by atoms with Gasteiger partial charge in [-0.15, -0.1) is 0 Å². The van der Waals surface area contributed by atoms with E-state index in [1.807, 2.05) is 31.2 Å². The van der Waals surface area contributed by atoms with Gasteiger partial charge in [0.15, 0.2) is 0 Å². The van der Waals surface area contributed by atoms with Crippen LogP contribution in [0.15, 0.2) is 59.6 Å². The van der Waals surface area contributed by atoms with Gasteiger partial charge >= 0.3 is 0 Å². The number of nitrogens with zero attached hydrogens (tertiary/aromatic N) is 3. The van der Waals surface area contributed by atoms with Crippen LogP contribution in [0.1, 0.15) is 43.1 Å². The maximum absolute atomic E-state index is 13.3. The third kappa shape index (κ3) is 4.23. The van der Waals surface area contributed by atoms with E-state index in [-0.39, 0.29) is 21.8 Å². The lowest BCUT2D eigenvalue weighted by Crippen LogP contribution is -2.43. The first-order valence-corrected chi connectivity index (χ1v) is 12.6. The van der Waals surface area contributed by atoms with Crippen molar-refractivity contribution in [3.8, 4) is 11.3 Å². The minimum Gasteiger partial charge on any atom is -0.383 e. The second-order valence-electron chi connectivity index (χ2n) is 9.20. The number of aromatic nitrogens is 2. The lowest BCUT2D eigenvalue weighted by Gasteiger charge is -2.36. The fraction of sp³-hybridized carbons (Fsp3) is 0.320. The average Bonchev–Trinajstić information content (AvgIpc) is 3.05. The van der Waals surface area contributed by atoms with Crippen molar-refractivity contribution in [1.82, 2.24) is 14.7 Å². The summed E-state index contributed by atoms with van der Waals surface area (Å²) in [5.74, 6) is -0.115. The van der Waals surface area contributed by atoms with E-state index < -0.39 is 15.9 Å². The van der Waals surface area contributed by atoms with Crippen molar-refractivity contribution in [3.05, 3.63) is 65.9 Å². The molecule has 0 radical (unpaired) electrons. The van der Waals surface area contributed by atoms with Crippen LogP contribution in [0, 0.1) is 12.8 Å². The second kappa shape index (κ2) is 8.72. The van der Waals surface area contributed by atoms with Crippen LogP contribution in [0.25, 0.3) is 11.3 Å². The number of benzene rings is 1. The molecule has 1 aliphatic rings. The molecule has 1 fully saturated rings. The van der Waals surface area contributed by atoms with Crippen LogP contribution in [0.5, 0.6) is 0 Å². The minimum absolute atomic E-state index is 0.175. The number of anilines is 2. The molecule has 3 N–H and O–H groups in total. The highest BCUT2D eigenvalue weighted by Crippen LogP contribution is 2.39. The lowest BCUT2D eigenvalue weighted by atomic mass is 9.90. The number of nitrogens with one attached hydrogen (secondary N) is 1. The molecule has 2 aromatic heterocycles. The van der Waals surface area contributed by atoms with Crippen LogP contribution >= 0.6 is 0 Å². The molecule has 0 spiro atoms. The van der Waals surface area contributed by atoms with Crippen molar-refractivity contribution in [2.24, 2.45) is 5.92 Å². The highest BCUT2D eigenvalue weighted by molar-refractivity contribution is 7.90. The Morgan fingerprint density at radius 1 is 1.15 bits per heavy atom. The van der Waals surface area contributed by atoms with E-state index in [0.717, 1.165) is 23.2 Å². The molecule has 4 rings (SSSR count). The number of hydrogen-bond acceptors (Lipinski definition) is 7. The van der Waals surface area contributed by atoms with Crippen molar-refractivity contribution in [2.45, 2.75) is 44.6 Å². The fourth-order valence-electron chi connectivity index (χ4n) is 4.31. The summed E-state index contributed by atoms with van der Waals surface area (Å²) in [6.45, 7) is 9.11. The average molecular weight is 480 g/mol. The number of nitrogens with two attached hydrogens (primary N) is 1. The Balaban J connectivity index is 1.80. The van der Waals surface area contributed by atoms with Crippen LogP contribution in [-0.4, -0.2) is 36.4 Å². The van der Waals surface area contributed by atoms with Gasteiger partial charge in [0.05, 0.1) is 11.3 Å². The molecule has 1 saturated heterocycles. The Morgan fingerprint density at radius 2 is 1.88 bits per heavy atom. The molecule has 8 nitrogen and oxygen atoms in total. The van der Waals surface area contributed by atoms with Crippen molar-refractivity contribution in [3.63, 3.8) is 0 Å². The largest absolute Gasteiger partial charge is 0.383 e. The van der Waals surface area contributed by atoms with Gasteiger partial charge in [0.25, 0.3) is 15.9 Å². The zero-order valence-corrected chi connectivity index (χ0v) is 20.6. The molecule has 0 aliphatic carbocycles. The zero-order chi connectivity index (χ0) is 24.7. The van der Waals surface area contributed by atoms with Crippen LogP contribution in [-0.2, 0) is 10.0 Å². The van der Waals surface area contributed by atoms with Gasteiger partial charge in [0.2, 0.25) is 0 Å². The number of amides is 1. The summed E-state index contributed by atoms with van der Waals surface area (Å²) in [7, 11) is -4.22. The van der Waals surface area contributed by atoms with Crippen molar-refractivity contribution >= 4 is 27.6 Å². The summed E-state index contributed by atoms with van der Waals surface area (Å²) in [6.07, 6.45) is 2.33. The topological polar surface area (TPSA) is 118 Å². The minimum atomic E-state index is -4.22. The van der Waals surface area contributed by atoms with Crippen LogP contribution < -0.4 is 15.4 Å². The van der Waals surface area contributed by atoms with Gasteiger partial charge in [-0.3, -0.25) is 4.79 Å². The second-order valence-corrected chi connectivity index (χ2v) is 10.8. The summed E-state index contributed by atoms with van der Waals surface area (Å²) in [4.78, 5) is 23.9. The first kappa shape index (κ1) is 23.7. The van der Waals surface area contributed by atoms with Crippen LogP contribution in [0.4, 0.5) is 11.6 Å². The highest BCUT2D eigenvalue weighted by Gasteiger charge is 2.41. The summed E-state index contributed by atoms with van der Waals surface area (Å²) in [6, 6.07) is 14.0. The molecule has 9 heteroatoms. The molecule has 34 heavy (non-hydrogen) atoms. The van der Waals surface area contributed by atoms with E-state index in [4.69, 9.17) is 10.7 Å². The molecule has 0 bridgehead atoms. The third-order valence-electron chi connectivity index (χ3n) is 6.80. The molecule has 1 aromatic carbocycles. The number of rotatable bonds is 5. The Kier molecular flexibility index (Phi) is 6.07. The molecule has 178 valence electrons. The first-order valence-electron chi connectivity index (χ1n) is 11.1. The molecular formula is C25H29N5O3S. The van der Waals surface area contributed by atoms with Crippen molar-refractivity contribution in [1.29, 1.82) is 0 Å². The Labute approximate surface area is 200 Å². The zero-order valence-electron chi connectivity index (χ0n) is 19.7. The number of carbonyl (C=O) groups is 1. The van der Waals surface area contributed by atoms with Gasteiger partial charge in [-0.2, -0.15) is 0 Å². The molecule has 1 atom stereocenters. The van der Waals surface area contributed by atoms with Gasteiger partial charge < -0.3 is 10.6 Å². The first-order chi connectivity index (χ1) is 16.0. The molecule has 1 amide bonds. The van der Waals surface area contributed by atoms with Crippen LogP contribution in [0.2, 0.25) is 0 Å². The summed E-state index contributed by atoms with van der Waals surface area (Å²) >= 11 is 0. The predicted molar refractivity (Wildman–Crippen MR) is 133 cm³/mol. The SMILES string of the molecule is Cc1ccccc1-c1ccc(C(=O)NS(=O)(=O)c2cccnc2N)c(N2CCC(C)C2(C)C)n1. The van der Waals surface area contributed by atoms with Gasteiger partial charge in [0.1, 0.15) is 16.5 Å². The van der Waals surface area contributed by atoms with E-state index in [9.17, 15) is 13.2 Å². The van der Waals surface area contributed by atoms with Crippen LogP contribution in [0.3, 0.4) is 0 Å². The Morgan fingerprint density at radius 3 is 2.53 bits per heavy atom. The van der Waals surface area contributed by atoms with Gasteiger partial charge in [-0.25, -0.2) is 23.1 Å². The number of sulfonamides is 1. The molecular weight excluding hydrogens is 450 g/mol. The van der Waals surface area contributed by atoms with E-state index in [1.165, 1.54) is 18.3 Å². The van der Waals surface area contributed by atoms with E-state index in [0.29, 0.717) is 18.3 Å². The standard InChI is InChI=1S/C25H29N5O3S/c1-16-8-5-6-9-18(16)20-12-11-19(23(28-20)30-15-13-17(2)25(30,3)4)24(31)29-34(32,33)21-10-7-14-27-22(21)26/h5-12,14,17H,13,15H2,1-4H3,(H2,26,27)(H,29,31). The summed E-state index contributed by atoms with van der Waals surface area (Å²) < 4.78 is 27.9. The normalized spacial score (nSPS) is 17.5. The molecule has 3 aromatic rings. The third-order valence-corrected chi connectivity index (χ3v) is 8.18. The van der Waals surface area contributed by atoms with Gasteiger partial charge in [0, 0.05) is 23.8 Å². The number of carbonyl (C=O) groups excluding carboxylic acids is 1. The lowest BCUT2D eigenvalue weighted by molar-refractivity contribution is 0.0981. The molecule has 0 saturated carbocycles. The van der Waals surface area contributed by atoms with Gasteiger partial charge in [-0.1, -0.05) is 31.2 Å². The maximum Gasteiger partial charge on any atom is 0.268 e. The van der Waals surface area contributed by atoms with E-state index in [1.54, 1.807) is 12.1 Å². The quantitative estimate of drug-likeness (QED) is 0.572. The molecule has 1 unspecified atom stereocenters. The van der Waals surface area contributed by atoms with Crippen molar-refractivity contribution in [2.75, 3.05) is 17.2 Å². The van der Waals surface area contributed by atoms with Crippen molar-refractivity contribution < 1.29 is 13.2 Å². The number of pyridine rings is 2. The van der Waals surface area contributed by atoms with E-state index >= 15 is 0 Å². The Hall–Kier alpha value is -3.46.